The third-order valence-corrected chi connectivity index (χ3v) is 7.35. The number of hydrogen-bond acceptors (Lipinski definition) is 6. The van der Waals surface area contributed by atoms with Crippen molar-refractivity contribution in [2.75, 3.05) is 17.2 Å². The molecule has 5 rings (SSSR count). The first-order valence-electron chi connectivity index (χ1n) is 12.4. The molecule has 194 valence electrons. The zero-order valence-electron chi connectivity index (χ0n) is 21.1. The molecule has 1 atom stereocenters. The molecule has 1 unspecified atom stereocenters. The number of anilines is 2. The van der Waals surface area contributed by atoms with Gasteiger partial charge in [0.05, 0.1) is 12.2 Å². The van der Waals surface area contributed by atoms with E-state index in [-0.39, 0.29) is 5.91 Å². The van der Waals surface area contributed by atoms with Crippen LogP contribution in [0.2, 0.25) is 5.02 Å². The first-order valence-corrected chi connectivity index (χ1v) is 13.8. The minimum absolute atomic E-state index is 0.220. The number of halogens is 1. The summed E-state index contributed by atoms with van der Waals surface area (Å²) in [4.78, 5) is 18.5. The van der Waals surface area contributed by atoms with Gasteiger partial charge in [-0.05, 0) is 43.2 Å². The van der Waals surface area contributed by atoms with Gasteiger partial charge in [-0.3, -0.25) is 4.79 Å². The number of fused-ring (bicyclic) bond motifs is 1. The van der Waals surface area contributed by atoms with Crippen LogP contribution >= 0.6 is 23.4 Å². The van der Waals surface area contributed by atoms with Crippen molar-refractivity contribution in [3.8, 4) is 5.75 Å². The van der Waals surface area contributed by atoms with Gasteiger partial charge in [0, 0.05) is 27.7 Å². The zero-order chi connectivity index (χ0) is 26.5. The number of ether oxygens (including phenoxy) is 1. The molecule has 1 aromatic heterocycles. The van der Waals surface area contributed by atoms with Gasteiger partial charge in [-0.2, -0.15) is 4.98 Å². The van der Waals surface area contributed by atoms with Crippen molar-refractivity contribution in [2.24, 2.45) is 0 Å². The molecule has 0 radical (unpaired) electrons. The van der Waals surface area contributed by atoms with E-state index in [0.717, 1.165) is 17.5 Å². The molecule has 4 aromatic rings. The summed E-state index contributed by atoms with van der Waals surface area (Å²) in [7, 11) is 0. The van der Waals surface area contributed by atoms with Crippen LogP contribution in [0, 0.1) is 0 Å². The molecule has 1 aliphatic heterocycles. The molecule has 7 nitrogen and oxygen atoms in total. The molecule has 3 aromatic carbocycles. The second-order valence-corrected chi connectivity index (χ2v) is 10.2. The molecule has 0 saturated heterocycles. The Bertz CT molecular complexity index is 1470. The number of amides is 1. The molecule has 0 fully saturated rings. The number of hydrogen-bond donors (Lipinski definition) is 2. The molecular formula is C29H28ClN5O2S. The number of nitrogens with zero attached hydrogens (tertiary/aromatic N) is 3. The first-order chi connectivity index (χ1) is 18.5. The van der Waals surface area contributed by atoms with Gasteiger partial charge in [-0.15, -0.1) is 5.10 Å². The Balaban J connectivity index is 1.53. The van der Waals surface area contributed by atoms with Crippen LogP contribution in [-0.4, -0.2) is 27.3 Å². The topological polar surface area (TPSA) is 81.1 Å². The number of nitrogens with one attached hydrogen (secondary N) is 2. The Labute approximate surface area is 231 Å². The number of benzene rings is 3. The fourth-order valence-corrected chi connectivity index (χ4v) is 5.42. The smallest absolute Gasteiger partial charge is 0.255 e. The number of carbonyl (C=O) groups is 1. The average molecular weight is 546 g/mol. The summed E-state index contributed by atoms with van der Waals surface area (Å²) < 4.78 is 7.88. The summed E-state index contributed by atoms with van der Waals surface area (Å²) in [5.74, 6) is 1.68. The standard InChI is InChI=1S/C29H28ClN5O2S/c1-3-17-37-24-16-10-8-14-22(24)26-25(27(36)32-21-12-5-4-6-13-21)19(2)31-28-33-29(34-35(26)28)38-18-20-11-7-9-15-23(20)30/h4-16,26H,3,17-18H2,1-2H3,(H,32,36)(H,31,33,34). The van der Waals surface area contributed by atoms with E-state index in [1.54, 1.807) is 4.68 Å². The van der Waals surface area contributed by atoms with Crippen LogP contribution in [0.15, 0.2) is 95.3 Å². The number of aromatic nitrogens is 3. The summed E-state index contributed by atoms with van der Waals surface area (Å²) in [6.07, 6.45) is 0.869. The fraction of sp³-hybridized carbons (Fsp3) is 0.207. The molecule has 38 heavy (non-hydrogen) atoms. The van der Waals surface area contributed by atoms with Crippen molar-refractivity contribution in [3.63, 3.8) is 0 Å². The molecule has 1 amide bonds. The van der Waals surface area contributed by atoms with Crippen molar-refractivity contribution in [2.45, 2.75) is 37.2 Å². The van der Waals surface area contributed by atoms with E-state index in [1.807, 2.05) is 85.8 Å². The second-order valence-electron chi connectivity index (χ2n) is 8.82. The first kappa shape index (κ1) is 25.9. The van der Waals surface area contributed by atoms with Crippen molar-refractivity contribution in [1.82, 2.24) is 14.8 Å². The summed E-state index contributed by atoms with van der Waals surface area (Å²) in [6, 6.07) is 24.4. The van der Waals surface area contributed by atoms with Crippen LogP contribution in [0.3, 0.4) is 0 Å². The summed E-state index contributed by atoms with van der Waals surface area (Å²) >= 11 is 7.85. The highest BCUT2D eigenvalue weighted by atomic mass is 35.5. The van der Waals surface area contributed by atoms with Crippen molar-refractivity contribution in [3.05, 3.63) is 106 Å². The Morgan fingerprint density at radius 1 is 1.08 bits per heavy atom. The Morgan fingerprint density at radius 2 is 1.82 bits per heavy atom. The van der Waals surface area contributed by atoms with Gasteiger partial charge in [0.25, 0.3) is 5.91 Å². The van der Waals surface area contributed by atoms with E-state index < -0.39 is 6.04 Å². The predicted molar refractivity (Wildman–Crippen MR) is 153 cm³/mol. The van der Waals surface area contributed by atoms with E-state index in [1.165, 1.54) is 11.8 Å². The molecule has 2 N–H and O–H groups in total. The van der Waals surface area contributed by atoms with Gasteiger partial charge in [-0.25, -0.2) is 4.68 Å². The lowest BCUT2D eigenvalue weighted by atomic mass is 9.94. The third kappa shape index (κ3) is 5.56. The molecule has 0 bridgehead atoms. The van der Waals surface area contributed by atoms with Gasteiger partial charge in [0.15, 0.2) is 0 Å². The van der Waals surface area contributed by atoms with Crippen LogP contribution in [0.1, 0.15) is 37.4 Å². The van der Waals surface area contributed by atoms with Crippen molar-refractivity contribution >= 4 is 40.9 Å². The summed E-state index contributed by atoms with van der Waals surface area (Å²) in [6.45, 7) is 4.52. The van der Waals surface area contributed by atoms with Gasteiger partial charge < -0.3 is 15.4 Å². The monoisotopic (exact) mass is 545 g/mol. The van der Waals surface area contributed by atoms with Crippen LogP contribution in [0.4, 0.5) is 11.6 Å². The number of carbonyl (C=O) groups excluding carboxylic acids is 1. The Kier molecular flexibility index (Phi) is 8.00. The molecule has 2 heterocycles. The maximum atomic E-state index is 13.7. The van der Waals surface area contributed by atoms with E-state index >= 15 is 0 Å². The van der Waals surface area contributed by atoms with Crippen LogP contribution in [-0.2, 0) is 10.5 Å². The van der Waals surface area contributed by atoms with Crippen molar-refractivity contribution < 1.29 is 9.53 Å². The molecule has 0 spiro atoms. The molecular weight excluding hydrogens is 518 g/mol. The fourth-order valence-electron chi connectivity index (χ4n) is 4.30. The maximum absolute atomic E-state index is 13.7. The summed E-state index contributed by atoms with van der Waals surface area (Å²) in [5, 5.41) is 12.5. The van der Waals surface area contributed by atoms with Gasteiger partial charge in [-0.1, -0.05) is 84.9 Å². The van der Waals surface area contributed by atoms with Crippen LogP contribution in [0.25, 0.3) is 0 Å². The zero-order valence-corrected chi connectivity index (χ0v) is 22.7. The lowest BCUT2D eigenvalue weighted by Crippen LogP contribution is -2.31. The van der Waals surface area contributed by atoms with Gasteiger partial charge in [0.1, 0.15) is 11.8 Å². The minimum Gasteiger partial charge on any atom is -0.493 e. The molecule has 9 heteroatoms. The average Bonchev–Trinajstić information content (AvgIpc) is 3.33. The number of thioether (sulfide) groups is 1. The number of rotatable bonds is 9. The number of para-hydroxylation sites is 2. The van der Waals surface area contributed by atoms with Crippen LogP contribution < -0.4 is 15.4 Å². The van der Waals surface area contributed by atoms with E-state index in [9.17, 15) is 4.79 Å². The lowest BCUT2D eigenvalue weighted by molar-refractivity contribution is -0.113. The quantitative estimate of drug-likeness (QED) is 0.222. The number of allylic oxidation sites excluding steroid dienone is 1. The SMILES string of the molecule is CCCOc1ccccc1C1C(C(=O)Nc2ccccc2)=C(C)Nc2nc(SCc3ccccc3Cl)nn21. The maximum Gasteiger partial charge on any atom is 0.255 e. The van der Waals surface area contributed by atoms with Gasteiger partial charge >= 0.3 is 0 Å². The largest absolute Gasteiger partial charge is 0.493 e. The third-order valence-electron chi connectivity index (χ3n) is 6.10. The van der Waals surface area contributed by atoms with Crippen LogP contribution in [0.5, 0.6) is 5.75 Å². The molecule has 0 aliphatic carbocycles. The van der Waals surface area contributed by atoms with E-state index in [0.29, 0.717) is 51.2 Å². The second kappa shape index (κ2) is 11.8. The van der Waals surface area contributed by atoms with Crippen molar-refractivity contribution in [1.29, 1.82) is 0 Å². The highest BCUT2D eigenvalue weighted by Crippen LogP contribution is 2.40. The summed E-state index contributed by atoms with van der Waals surface area (Å²) in [5.41, 5.74) is 3.81. The van der Waals surface area contributed by atoms with E-state index in [2.05, 4.69) is 17.6 Å². The molecule has 0 saturated carbocycles. The Hall–Kier alpha value is -3.75. The highest BCUT2D eigenvalue weighted by Gasteiger charge is 2.36. The Morgan fingerprint density at radius 3 is 2.61 bits per heavy atom. The van der Waals surface area contributed by atoms with E-state index in [4.69, 9.17) is 26.4 Å². The lowest BCUT2D eigenvalue weighted by Gasteiger charge is -2.29. The highest BCUT2D eigenvalue weighted by molar-refractivity contribution is 7.98. The molecule has 1 aliphatic rings. The normalized spacial score (nSPS) is 14.6. The van der Waals surface area contributed by atoms with Gasteiger partial charge in [0.2, 0.25) is 11.1 Å². The predicted octanol–water partition coefficient (Wildman–Crippen LogP) is 6.94. The minimum atomic E-state index is -0.537.